The van der Waals surface area contributed by atoms with Crippen molar-refractivity contribution < 1.29 is 23.1 Å². The number of aromatic nitrogens is 7. The second-order valence-corrected chi connectivity index (χ2v) is 10.5. The van der Waals surface area contributed by atoms with Crippen molar-refractivity contribution in [2.75, 3.05) is 5.32 Å². The van der Waals surface area contributed by atoms with Gasteiger partial charge in [-0.2, -0.15) is 15.2 Å². The molecule has 0 atom stereocenters. The Balaban J connectivity index is 1.69. The van der Waals surface area contributed by atoms with Gasteiger partial charge in [0.2, 0.25) is 5.95 Å². The second-order valence-electron chi connectivity index (χ2n) is 10.1. The Kier molecular flexibility index (Phi) is 8.50. The molecule has 0 aliphatic heterocycles. The van der Waals surface area contributed by atoms with E-state index in [0.29, 0.717) is 51.7 Å². The predicted molar refractivity (Wildman–Crippen MR) is 159 cm³/mol. The van der Waals surface area contributed by atoms with E-state index in [9.17, 15) is 27.6 Å². The molecular formula is C28H25ClF3N9O4. The van der Waals surface area contributed by atoms with Crippen LogP contribution in [0.2, 0.25) is 5.02 Å². The zero-order valence-electron chi connectivity index (χ0n) is 23.8. The number of hydrogen-bond donors (Lipinski definition) is 3. The summed E-state index contributed by atoms with van der Waals surface area (Å²) >= 11 is 6.73. The van der Waals surface area contributed by atoms with Crippen molar-refractivity contribution in [1.29, 1.82) is 0 Å². The van der Waals surface area contributed by atoms with Crippen molar-refractivity contribution in [2.24, 2.45) is 12.8 Å². The monoisotopic (exact) mass is 643 g/mol. The number of nitrogens with zero attached hydrogens (tertiary/aromatic N) is 7. The molecule has 5 rings (SSSR count). The molecule has 13 nitrogen and oxygen atoms in total. The lowest BCUT2D eigenvalue weighted by Gasteiger charge is -2.18. The average Bonchev–Trinajstić information content (AvgIpc) is 3.59. The molecule has 234 valence electrons. The molecule has 0 unspecified atom stereocenters. The van der Waals surface area contributed by atoms with Crippen LogP contribution in [0, 0.1) is 17.5 Å². The number of benzene rings is 2. The van der Waals surface area contributed by atoms with Crippen LogP contribution in [-0.2, 0) is 24.9 Å². The first-order valence-electron chi connectivity index (χ1n) is 13.3. The number of carboxylic acid groups (broad SMARTS) is 1. The fraction of sp³-hybridized carbons (Fsp3) is 0.214. The number of rotatable bonds is 10. The minimum Gasteiger partial charge on any atom is -0.481 e. The molecule has 0 fully saturated rings. The lowest BCUT2D eigenvalue weighted by molar-refractivity contribution is -0.137. The van der Waals surface area contributed by atoms with E-state index in [-0.39, 0.29) is 34.3 Å². The standard InChI is InChI=1S/C28H25ClF3N9O4/c1-14(9-33)41-27(44)36-26(40(28(41)45)11-15-6-19(30)24(32)20(31)7-15)35-25-18(29)8-21-17(13-38(2)37-21)23(25)16-10-34-39(12-16)5-3-4-22(42)43/h6-10,12-13H,3-5,11,33H2,1-2H3,(H,42,43)(H,35,36,44)/b14-9+. The molecule has 3 aromatic heterocycles. The van der Waals surface area contributed by atoms with Crippen LogP contribution in [-0.4, -0.2) is 44.8 Å². The third-order valence-electron chi connectivity index (χ3n) is 6.86. The molecule has 0 saturated heterocycles. The first-order valence-corrected chi connectivity index (χ1v) is 13.7. The maximum absolute atomic E-state index is 14.1. The Bertz CT molecular complexity index is 2090. The minimum atomic E-state index is -1.68. The second kappa shape index (κ2) is 12.3. The molecule has 0 aliphatic rings. The number of allylic oxidation sites excluding steroid dienone is 1. The highest BCUT2D eigenvalue weighted by Gasteiger charge is 2.22. The van der Waals surface area contributed by atoms with Crippen LogP contribution in [0.3, 0.4) is 0 Å². The van der Waals surface area contributed by atoms with Crippen molar-refractivity contribution in [2.45, 2.75) is 32.9 Å². The van der Waals surface area contributed by atoms with Gasteiger partial charge in [0.05, 0.1) is 29.0 Å². The van der Waals surface area contributed by atoms with Gasteiger partial charge in [-0.25, -0.2) is 27.3 Å². The number of aryl methyl sites for hydroxylation is 2. The number of halogens is 4. The lowest BCUT2D eigenvalue weighted by Crippen LogP contribution is -2.42. The summed E-state index contributed by atoms with van der Waals surface area (Å²) in [7, 11) is 1.70. The molecule has 0 aliphatic carbocycles. The number of aliphatic carboxylic acids is 1. The summed E-state index contributed by atoms with van der Waals surface area (Å²) in [5.41, 5.74) is 5.13. The van der Waals surface area contributed by atoms with E-state index in [0.717, 1.165) is 10.8 Å². The summed E-state index contributed by atoms with van der Waals surface area (Å²) in [5, 5.41) is 21.4. The maximum atomic E-state index is 14.1. The summed E-state index contributed by atoms with van der Waals surface area (Å²) < 4.78 is 46.6. The van der Waals surface area contributed by atoms with Crippen molar-refractivity contribution in [3.05, 3.63) is 92.0 Å². The smallest absolute Gasteiger partial charge is 0.359 e. The quantitative estimate of drug-likeness (QED) is 0.192. The zero-order chi connectivity index (χ0) is 32.6. The van der Waals surface area contributed by atoms with E-state index in [1.807, 2.05) is 0 Å². The largest absolute Gasteiger partial charge is 0.481 e. The zero-order valence-corrected chi connectivity index (χ0v) is 24.5. The number of nitrogens with one attached hydrogen (secondary N) is 1. The molecule has 0 bridgehead atoms. The molecule has 2 aromatic carbocycles. The summed E-state index contributed by atoms with van der Waals surface area (Å²) in [6.45, 7) is 1.16. The highest BCUT2D eigenvalue weighted by molar-refractivity contribution is 6.35. The lowest BCUT2D eigenvalue weighted by atomic mass is 10.0. The van der Waals surface area contributed by atoms with Crippen molar-refractivity contribution in [3.63, 3.8) is 0 Å². The predicted octanol–water partition coefficient (Wildman–Crippen LogP) is 3.66. The molecule has 0 amide bonds. The van der Waals surface area contributed by atoms with Crippen molar-refractivity contribution in [3.8, 4) is 11.1 Å². The number of anilines is 2. The fourth-order valence-corrected chi connectivity index (χ4v) is 5.03. The van der Waals surface area contributed by atoms with Gasteiger partial charge in [-0.05, 0) is 37.1 Å². The first kappa shape index (κ1) is 31.1. The normalized spacial score (nSPS) is 11.8. The molecule has 3 heterocycles. The third-order valence-corrected chi connectivity index (χ3v) is 7.16. The Morgan fingerprint density at radius 1 is 1.16 bits per heavy atom. The van der Waals surface area contributed by atoms with E-state index in [1.54, 1.807) is 34.9 Å². The number of nitrogens with two attached hydrogens (primary N) is 1. The molecule has 0 radical (unpaired) electrons. The molecule has 5 aromatic rings. The van der Waals surface area contributed by atoms with Gasteiger partial charge in [0.25, 0.3) is 0 Å². The Labute approximate surface area is 256 Å². The molecule has 4 N–H and O–H groups in total. The topological polar surface area (TPSA) is 168 Å². The highest BCUT2D eigenvalue weighted by atomic mass is 35.5. The van der Waals surface area contributed by atoms with Gasteiger partial charge in [0.1, 0.15) is 0 Å². The fourth-order valence-electron chi connectivity index (χ4n) is 4.78. The minimum absolute atomic E-state index is 0.0279. The summed E-state index contributed by atoms with van der Waals surface area (Å²) in [6, 6.07) is 2.98. The molecule has 0 spiro atoms. The van der Waals surface area contributed by atoms with Gasteiger partial charge in [0.15, 0.2) is 17.5 Å². The number of carbonyl (C=O) groups is 1. The first-order chi connectivity index (χ1) is 21.4. The average molecular weight is 644 g/mol. The molecule has 45 heavy (non-hydrogen) atoms. The van der Waals surface area contributed by atoms with E-state index in [2.05, 4.69) is 20.5 Å². The summed E-state index contributed by atoms with van der Waals surface area (Å²) in [6.07, 6.45) is 6.20. The van der Waals surface area contributed by atoms with Gasteiger partial charge >= 0.3 is 17.3 Å². The van der Waals surface area contributed by atoms with Crippen LogP contribution in [0.4, 0.5) is 24.8 Å². The highest BCUT2D eigenvalue weighted by Crippen LogP contribution is 2.41. The van der Waals surface area contributed by atoms with Crippen LogP contribution < -0.4 is 22.4 Å². The Morgan fingerprint density at radius 2 is 1.87 bits per heavy atom. The van der Waals surface area contributed by atoms with Crippen molar-refractivity contribution >= 4 is 45.8 Å². The van der Waals surface area contributed by atoms with Gasteiger partial charge in [0, 0.05) is 60.8 Å². The SMILES string of the molecule is C/C(=C\N)n1c(=O)nc(Nc2c(Cl)cc3nn(C)cc3c2-c2cnn(CCCC(=O)O)c2)n(Cc2cc(F)c(F)c(F)c2)c1=O. The van der Waals surface area contributed by atoms with Gasteiger partial charge in [-0.1, -0.05) is 11.6 Å². The van der Waals surface area contributed by atoms with Crippen molar-refractivity contribution in [1.82, 2.24) is 33.7 Å². The molecule has 0 saturated carbocycles. The van der Waals surface area contributed by atoms with Crippen LogP contribution in [0.15, 0.2) is 52.6 Å². The number of fused-ring (bicyclic) bond motifs is 1. The molecular weight excluding hydrogens is 619 g/mol. The van der Waals surface area contributed by atoms with E-state index >= 15 is 0 Å². The summed E-state index contributed by atoms with van der Waals surface area (Å²) in [4.78, 5) is 41.7. The van der Waals surface area contributed by atoms with Crippen LogP contribution >= 0.6 is 11.6 Å². The number of carboxylic acids is 1. The number of hydrogen-bond acceptors (Lipinski definition) is 8. The molecule has 17 heteroatoms. The van der Waals surface area contributed by atoms with E-state index in [4.69, 9.17) is 22.4 Å². The van der Waals surface area contributed by atoms with Gasteiger partial charge in [-0.3, -0.25) is 18.7 Å². The van der Waals surface area contributed by atoms with Crippen LogP contribution in [0.25, 0.3) is 27.7 Å². The van der Waals surface area contributed by atoms with Crippen LogP contribution in [0.1, 0.15) is 25.3 Å². The Hall–Kier alpha value is -5.38. The van der Waals surface area contributed by atoms with Gasteiger partial charge < -0.3 is 16.2 Å². The van der Waals surface area contributed by atoms with E-state index < -0.39 is 41.3 Å². The Morgan fingerprint density at radius 3 is 2.53 bits per heavy atom. The van der Waals surface area contributed by atoms with Crippen LogP contribution in [0.5, 0.6) is 0 Å². The van der Waals surface area contributed by atoms with Gasteiger partial charge in [-0.15, -0.1) is 0 Å². The maximum Gasteiger partial charge on any atom is 0.359 e. The van der Waals surface area contributed by atoms with E-state index in [1.165, 1.54) is 13.1 Å². The third kappa shape index (κ3) is 6.17. The summed E-state index contributed by atoms with van der Waals surface area (Å²) in [5.74, 6) is -5.92.